The fourth-order valence-corrected chi connectivity index (χ4v) is 6.68. The molecule has 2 aliphatic rings. The van der Waals surface area contributed by atoms with Crippen LogP contribution < -0.4 is 10.1 Å². The summed E-state index contributed by atoms with van der Waals surface area (Å²) in [5, 5.41) is 4.00. The first-order valence-corrected chi connectivity index (χ1v) is 12.8. The molecule has 0 fully saturated rings. The van der Waals surface area contributed by atoms with Gasteiger partial charge in [-0.3, -0.25) is 0 Å². The number of ether oxygens (including phenoxy) is 1. The van der Waals surface area contributed by atoms with Gasteiger partial charge in [-0.1, -0.05) is 24.3 Å². The Balaban J connectivity index is 1.49. The number of urea groups is 1. The zero-order chi connectivity index (χ0) is 24.8. The van der Waals surface area contributed by atoms with Crippen LogP contribution in [0.3, 0.4) is 0 Å². The largest absolute Gasteiger partial charge is 0.497 e. The molecule has 0 aliphatic carbocycles. The number of hydrogen-bond acceptors (Lipinski definition) is 4. The summed E-state index contributed by atoms with van der Waals surface area (Å²) in [6.07, 6.45) is 3.03. The Morgan fingerprint density at radius 3 is 2.64 bits per heavy atom. The van der Waals surface area contributed by atoms with Gasteiger partial charge in [0.2, 0.25) is 0 Å². The van der Waals surface area contributed by atoms with Gasteiger partial charge in [0.1, 0.15) is 16.6 Å². The van der Waals surface area contributed by atoms with Crippen LogP contribution in [-0.2, 0) is 19.5 Å². The molecule has 4 heterocycles. The third-order valence-electron chi connectivity index (χ3n) is 7.06. The van der Waals surface area contributed by atoms with Crippen LogP contribution in [0.2, 0.25) is 0 Å². The van der Waals surface area contributed by atoms with Crippen molar-refractivity contribution in [3.63, 3.8) is 0 Å². The van der Waals surface area contributed by atoms with Crippen molar-refractivity contribution >= 4 is 23.1 Å². The van der Waals surface area contributed by atoms with Crippen LogP contribution >= 0.6 is 11.3 Å². The molecule has 0 saturated carbocycles. The number of para-hydroxylation sites is 1. The predicted molar refractivity (Wildman–Crippen MR) is 139 cm³/mol. The highest BCUT2D eigenvalue weighted by molar-refractivity contribution is 7.15. The fraction of sp³-hybridized carbons (Fsp3) is 0.250. The summed E-state index contributed by atoms with van der Waals surface area (Å²) in [6.45, 7) is 2.33. The maximum atomic E-state index is 14.5. The minimum Gasteiger partial charge on any atom is -0.497 e. The first-order chi connectivity index (χ1) is 17.5. The monoisotopic (exact) mass is 502 g/mol. The summed E-state index contributed by atoms with van der Waals surface area (Å²) < 4.78 is 22.1. The third kappa shape index (κ3) is 3.86. The Morgan fingerprint density at radius 2 is 1.86 bits per heavy atom. The molecule has 0 radical (unpaired) electrons. The molecule has 6 rings (SSSR count). The maximum Gasteiger partial charge on any atom is 0.323 e. The van der Waals surface area contributed by atoms with E-state index in [1.807, 2.05) is 46.6 Å². The number of carbonyl (C=O) groups excluding carboxylic acids is 1. The molecule has 1 unspecified atom stereocenters. The predicted octanol–water partition coefficient (Wildman–Crippen LogP) is 5.81. The number of likely N-dealkylation sites (N-methyl/N-ethyl adjacent to an activating group) is 1. The molecule has 1 N–H and O–H groups in total. The van der Waals surface area contributed by atoms with E-state index in [1.165, 1.54) is 22.1 Å². The van der Waals surface area contributed by atoms with E-state index in [4.69, 9.17) is 4.74 Å². The van der Waals surface area contributed by atoms with Gasteiger partial charge in [-0.15, -0.1) is 11.3 Å². The minimum absolute atomic E-state index is 0.171. The highest BCUT2D eigenvalue weighted by Gasteiger charge is 2.36. The van der Waals surface area contributed by atoms with Crippen molar-refractivity contribution in [2.24, 2.45) is 0 Å². The molecule has 0 bridgehead atoms. The van der Waals surface area contributed by atoms with Crippen molar-refractivity contribution < 1.29 is 13.9 Å². The van der Waals surface area contributed by atoms with Gasteiger partial charge in [-0.25, -0.2) is 9.18 Å². The van der Waals surface area contributed by atoms with Crippen molar-refractivity contribution in [2.45, 2.75) is 25.6 Å². The lowest BCUT2D eigenvalue weighted by Gasteiger charge is -2.32. The SMILES string of the molecule is COc1ccc(C2c3cccn3-c3sc4c(c3CN2C(=O)Nc2ccccc2F)CCN(C)C4)cc1. The van der Waals surface area contributed by atoms with Gasteiger partial charge in [0.25, 0.3) is 0 Å². The molecule has 6 nitrogen and oxygen atoms in total. The summed E-state index contributed by atoms with van der Waals surface area (Å²) in [5.74, 6) is 0.295. The molecule has 1 atom stereocenters. The first-order valence-electron chi connectivity index (χ1n) is 12.0. The number of fused-ring (bicyclic) bond motifs is 5. The van der Waals surface area contributed by atoms with E-state index >= 15 is 0 Å². The van der Waals surface area contributed by atoms with Gasteiger partial charge in [-0.05, 0) is 61.0 Å². The van der Waals surface area contributed by atoms with Crippen LogP contribution in [0.4, 0.5) is 14.9 Å². The molecular weight excluding hydrogens is 475 g/mol. The molecule has 8 heteroatoms. The van der Waals surface area contributed by atoms with E-state index in [0.29, 0.717) is 6.54 Å². The number of aromatic nitrogens is 1. The molecule has 2 aromatic carbocycles. The second-order valence-electron chi connectivity index (χ2n) is 9.29. The summed E-state index contributed by atoms with van der Waals surface area (Å²) in [4.78, 5) is 19.4. The number of rotatable bonds is 3. The van der Waals surface area contributed by atoms with Gasteiger partial charge >= 0.3 is 6.03 Å². The number of halogens is 1. The number of anilines is 1. The Morgan fingerprint density at radius 1 is 1.06 bits per heavy atom. The summed E-state index contributed by atoms with van der Waals surface area (Å²) in [7, 11) is 3.78. The number of carbonyl (C=O) groups is 1. The molecule has 2 aromatic heterocycles. The second-order valence-corrected chi connectivity index (χ2v) is 10.4. The summed E-state index contributed by atoms with van der Waals surface area (Å²) >= 11 is 1.81. The van der Waals surface area contributed by atoms with Crippen molar-refractivity contribution in [3.05, 3.63) is 99.9 Å². The molecule has 0 saturated heterocycles. The lowest BCUT2D eigenvalue weighted by Crippen LogP contribution is -2.38. The standard InChI is InChI=1S/C28H27FN4O2S/c1-31-15-13-20-21-16-33(28(34)30-23-7-4-3-6-22(23)29)26(18-9-11-19(35-2)12-10-18)24-8-5-14-32(24)27(21)36-25(20)17-31/h3-12,14,26H,13,15-17H2,1-2H3,(H,30,34). The Labute approximate surface area is 213 Å². The topological polar surface area (TPSA) is 49.7 Å². The number of thiophene rings is 1. The first kappa shape index (κ1) is 22.8. The lowest BCUT2D eigenvalue weighted by atomic mass is 10.00. The average molecular weight is 503 g/mol. The molecule has 2 amide bonds. The number of hydrogen-bond donors (Lipinski definition) is 1. The number of nitrogens with zero attached hydrogens (tertiary/aromatic N) is 3. The smallest absolute Gasteiger partial charge is 0.323 e. The van der Waals surface area contributed by atoms with Crippen molar-refractivity contribution in [2.75, 3.05) is 26.0 Å². The van der Waals surface area contributed by atoms with Gasteiger partial charge in [0, 0.05) is 29.7 Å². The van der Waals surface area contributed by atoms with Crippen LogP contribution in [0.25, 0.3) is 5.00 Å². The van der Waals surface area contributed by atoms with E-state index in [-0.39, 0.29) is 17.8 Å². The second kappa shape index (κ2) is 9.11. The molecule has 4 aromatic rings. The molecule has 36 heavy (non-hydrogen) atoms. The molecule has 2 aliphatic heterocycles. The van der Waals surface area contributed by atoms with Crippen LogP contribution in [0.1, 0.15) is 33.3 Å². The van der Waals surface area contributed by atoms with Crippen LogP contribution in [0.5, 0.6) is 5.75 Å². The minimum atomic E-state index is -0.457. The Kier molecular flexibility index (Phi) is 5.78. The normalized spacial score (nSPS) is 17.1. The van der Waals surface area contributed by atoms with Gasteiger partial charge in [0.15, 0.2) is 0 Å². The van der Waals surface area contributed by atoms with E-state index < -0.39 is 5.82 Å². The summed E-state index contributed by atoms with van der Waals surface area (Å²) in [5.41, 5.74) is 4.65. The highest BCUT2D eigenvalue weighted by atomic mass is 32.1. The summed E-state index contributed by atoms with van der Waals surface area (Å²) in [6, 6.07) is 17.5. The number of nitrogens with one attached hydrogen (secondary N) is 1. The van der Waals surface area contributed by atoms with Crippen LogP contribution in [-0.4, -0.2) is 41.1 Å². The van der Waals surface area contributed by atoms with Crippen LogP contribution in [0.15, 0.2) is 66.9 Å². The van der Waals surface area contributed by atoms with Crippen molar-refractivity contribution in [1.29, 1.82) is 0 Å². The molecule has 184 valence electrons. The van der Waals surface area contributed by atoms with Gasteiger partial charge in [0.05, 0.1) is 31.1 Å². The quantitative estimate of drug-likeness (QED) is 0.385. The highest BCUT2D eigenvalue weighted by Crippen LogP contribution is 2.43. The number of methoxy groups -OCH3 is 1. The Hall–Kier alpha value is -3.62. The van der Waals surface area contributed by atoms with E-state index in [9.17, 15) is 9.18 Å². The number of amides is 2. The zero-order valence-electron chi connectivity index (χ0n) is 20.2. The van der Waals surface area contributed by atoms with Gasteiger partial charge in [-0.2, -0.15) is 0 Å². The third-order valence-corrected chi connectivity index (χ3v) is 8.32. The maximum absolute atomic E-state index is 14.5. The molecular formula is C28H27FN4O2S. The Bertz CT molecular complexity index is 1430. The van der Waals surface area contributed by atoms with Crippen molar-refractivity contribution in [3.8, 4) is 10.8 Å². The molecule has 0 spiro atoms. The van der Waals surface area contributed by atoms with Crippen LogP contribution in [0, 0.1) is 5.82 Å². The average Bonchev–Trinajstić information content (AvgIpc) is 3.47. The van der Waals surface area contributed by atoms with Gasteiger partial charge < -0.3 is 24.4 Å². The fourth-order valence-electron chi connectivity index (χ4n) is 5.24. The van der Waals surface area contributed by atoms with E-state index in [0.717, 1.165) is 41.5 Å². The zero-order valence-corrected chi connectivity index (χ0v) is 21.0. The lowest BCUT2D eigenvalue weighted by molar-refractivity contribution is 0.194. The van der Waals surface area contributed by atoms with E-state index in [2.05, 4.69) is 34.1 Å². The number of benzene rings is 2. The van der Waals surface area contributed by atoms with Crippen molar-refractivity contribution in [1.82, 2.24) is 14.4 Å². The van der Waals surface area contributed by atoms with E-state index in [1.54, 1.807) is 25.3 Å².